The summed E-state index contributed by atoms with van der Waals surface area (Å²) in [5.41, 5.74) is 7.93. The van der Waals surface area contributed by atoms with Crippen LogP contribution in [0, 0.1) is 0 Å². The lowest BCUT2D eigenvalue weighted by Crippen LogP contribution is -2.18. The monoisotopic (exact) mass is 265 g/mol. The van der Waals surface area contributed by atoms with Gasteiger partial charge in [0.15, 0.2) is 9.84 Å². The number of sulfone groups is 1. The van der Waals surface area contributed by atoms with E-state index in [1.807, 2.05) is 16.8 Å². The Morgan fingerprint density at radius 3 is 3.06 bits per heavy atom. The van der Waals surface area contributed by atoms with E-state index in [-0.39, 0.29) is 5.25 Å². The largest absolute Gasteiger partial charge is 0.399 e. The third kappa shape index (κ3) is 1.96. The smallest absolute Gasteiger partial charge is 0.153 e. The second-order valence-corrected chi connectivity index (χ2v) is 7.19. The lowest BCUT2D eigenvalue weighted by Gasteiger charge is -2.05. The summed E-state index contributed by atoms with van der Waals surface area (Å²) in [5.74, 6) is 0.317. The predicted octanol–water partition coefficient (Wildman–Crippen LogP) is 1.04. The first-order valence-electron chi connectivity index (χ1n) is 5.99. The van der Waals surface area contributed by atoms with E-state index in [0.717, 1.165) is 24.2 Å². The molecule has 0 aliphatic carbocycles. The summed E-state index contributed by atoms with van der Waals surface area (Å²) in [6.07, 6.45) is 5.74. The summed E-state index contributed by atoms with van der Waals surface area (Å²) in [6, 6.07) is 3.58. The molecule has 2 N–H and O–H groups in total. The maximum absolute atomic E-state index is 11.8. The molecule has 96 valence electrons. The number of hydrogen-bond acceptors (Lipinski definition) is 4. The van der Waals surface area contributed by atoms with Crippen LogP contribution in [-0.4, -0.2) is 28.8 Å². The molecule has 0 bridgehead atoms. The zero-order chi connectivity index (χ0) is 12.8. The van der Waals surface area contributed by atoms with Gasteiger partial charge in [-0.05, 0) is 18.9 Å². The average molecular weight is 265 g/mol. The molecule has 0 radical (unpaired) electrons. The molecule has 6 heteroatoms. The van der Waals surface area contributed by atoms with Crippen LogP contribution in [0.15, 0.2) is 24.5 Å². The third-order valence-corrected chi connectivity index (χ3v) is 5.71. The lowest BCUT2D eigenvalue weighted by atomic mass is 10.2. The number of anilines is 1. The molecule has 0 saturated carbocycles. The zero-order valence-corrected chi connectivity index (χ0v) is 10.7. The molecule has 1 unspecified atom stereocenters. The number of imidazole rings is 1. The predicted molar refractivity (Wildman–Crippen MR) is 70.1 cm³/mol. The van der Waals surface area contributed by atoms with Crippen LogP contribution in [0.5, 0.6) is 0 Å². The van der Waals surface area contributed by atoms with Gasteiger partial charge in [0.2, 0.25) is 0 Å². The van der Waals surface area contributed by atoms with Crippen molar-refractivity contribution in [3.8, 4) is 0 Å². The van der Waals surface area contributed by atoms with Crippen molar-refractivity contribution in [2.24, 2.45) is 0 Å². The van der Waals surface area contributed by atoms with E-state index in [1.165, 1.54) is 0 Å². The van der Waals surface area contributed by atoms with E-state index in [4.69, 9.17) is 5.73 Å². The molecule has 0 aromatic carbocycles. The quantitative estimate of drug-likeness (QED) is 0.880. The summed E-state index contributed by atoms with van der Waals surface area (Å²) in [6.45, 7) is 0. The Labute approximate surface area is 106 Å². The second kappa shape index (κ2) is 3.98. The number of rotatable bonds is 2. The SMILES string of the molecule is Nc1ccn2cc(CC3CCCS3(=O)=O)nc2c1. The minimum atomic E-state index is -2.90. The van der Waals surface area contributed by atoms with Gasteiger partial charge in [-0.3, -0.25) is 0 Å². The van der Waals surface area contributed by atoms with Crippen LogP contribution in [0.2, 0.25) is 0 Å². The highest BCUT2D eigenvalue weighted by atomic mass is 32.2. The Bertz CT molecular complexity index is 690. The Balaban J connectivity index is 1.91. The van der Waals surface area contributed by atoms with Gasteiger partial charge in [-0.2, -0.15) is 0 Å². The molecule has 5 nitrogen and oxygen atoms in total. The van der Waals surface area contributed by atoms with Crippen LogP contribution in [0.25, 0.3) is 5.65 Å². The number of hydrogen-bond donors (Lipinski definition) is 1. The first-order valence-corrected chi connectivity index (χ1v) is 7.71. The highest BCUT2D eigenvalue weighted by molar-refractivity contribution is 7.92. The van der Waals surface area contributed by atoms with Crippen molar-refractivity contribution < 1.29 is 8.42 Å². The highest BCUT2D eigenvalue weighted by Crippen LogP contribution is 2.23. The first-order chi connectivity index (χ1) is 8.54. The molecule has 3 rings (SSSR count). The Morgan fingerprint density at radius 2 is 2.33 bits per heavy atom. The standard InChI is InChI=1S/C12H15N3O2S/c13-9-3-4-15-8-10(14-12(15)6-9)7-11-2-1-5-18(11,16)17/h3-4,6,8,11H,1-2,5,7,13H2. The Hall–Kier alpha value is -1.56. The van der Waals surface area contributed by atoms with Gasteiger partial charge in [0.1, 0.15) is 5.65 Å². The summed E-state index contributed by atoms with van der Waals surface area (Å²) in [7, 11) is -2.90. The first kappa shape index (κ1) is 11.5. The van der Waals surface area contributed by atoms with Crippen molar-refractivity contribution in [1.82, 2.24) is 9.38 Å². The fourth-order valence-corrected chi connectivity index (χ4v) is 4.32. The van der Waals surface area contributed by atoms with Gasteiger partial charge < -0.3 is 10.1 Å². The molecule has 3 heterocycles. The number of fused-ring (bicyclic) bond motifs is 1. The van der Waals surface area contributed by atoms with Crippen molar-refractivity contribution in [3.05, 3.63) is 30.2 Å². The molecule has 0 amide bonds. The van der Waals surface area contributed by atoms with Crippen LogP contribution in [0.4, 0.5) is 5.69 Å². The van der Waals surface area contributed by atoms with Crippen molar-refractivity contribution in [2.75, 3.05) is 11.5 Å². The molecule has 2 aromatic rings. The molecular weight excluding hydrogens is 250 g/mol. The van der Waals surface area contributed by atoms with Gasteiger partial charge in [-0.1, -0.05) is 0 Å². The summed E-state index contributed by atoms with van der Waals surface area (Å²) >= 11 is 0. The van der Waals surface area contributed by atoms with Gasteiger partial charge in [-0.15, -0.1) is 0 Å². The summed E-state index contributed by atoms with van der Waals surface area (Å²) in [4.78, 5) is 4.42. The maximum atomic E-state index is 11.8. The molecule has 1 saturated heterocycles. The topological polar surface area (TPSA) is 77.5 Å². The van der Waals surface area contributed by atoms with E-state index in [1.54, 1.807) is 12.1 Å². The van der Waals surface area contributed by atoms with Gasteiger partial charge >= 0.3 is 0 Å². The Morgan fingerprint density at radius 1 is 1.50 bits per heavy atom. The van der Waals surface area contributed by atoms with Gasteiger partial charge in [0.25, 0.3) is 0 Å². The van der Waals surface area contributed by atoms with E-state index < -0.39 is 9.84 Å². The third-order valence-electron chi connectivity index (χ3n) is 3.43. The molecule has 1 fully saturated rings. The fraction of sp³-hybridized carbons (Fsp3) is 0.417. The average Bonchev–Trinajstić information content (AvgIpc) is 2.82. The second-order valence-electron chi connectivity index (χ2n) is 4.79. The highest BCUT2D eigenvalue weighted by Gasteiger charge is 2.31. The van der Waals surface area contributed by atoms with Crippen molar-refractivity contribution in [2.45, 2.75) is 24.5 Å². The molecular formula is C12H15N3O2S. The van der Waals surface area contributed by atoms with E-state index in [9.17, 15) is 8.42 Å². The van der Waals surface area contributed by atoms with Crippen LogP contribution in [-0.2, 0) is 16.3 Å². The summed E-state index contributed by atoms with van der Waals surface area (Å²) in [5, 5.41) is -0.264. The lowest BCUT2D eigenvalue weighted by molar-refractivity contribution is 0.587. The Kier molecular flexibility index (Phi) is 2.55. The maximum Gasteiger partial charge on any atom is 0.153 e. The van der Waals surface area contributed by atoms with Crippen LogP contribution in [0.3, 0.4) is 0 Å². The minimum Gasteiger partial charge on any atom is -0.399 e. The number of aromatic nitrogens is 2. The molecule has 18 heavy (non-hydrogen) atoms. The number of nitrogen functional groups attached to an aromatic ring is 1. The van der Waals surface area contributed by atoms with Crippen molar-refractivity contribution >= 4 is 21.2 Å². The van der Waals surface area contributed by atoms with Crippen molar-refractivity contribution in [3.63, 3.8) is 0 Å². The normalized spacial score (nSPS) is 22.6. The number of nitrogens with zero attached hydrogens (tertiary/aromatic N) is 2. The number of nitrogens with two attached hydrogens (primary N) is 1. The van der Waals surface area contributed by atoms with Crippen LogP contribution in [0.1, 0.15) is 18.5 Å². The number of pyridine rings is 1. The minimum absolute atomic E-state index is 0.264. The van der Waals surface area contributed by atoms with Crippen LogP contribution >= 0.6 is 0 Å². The van der Waals surface area contributed by atoms with Crippen LogP contribution < -0.4 is 5.73 Å². The summed E-state index contributed by atoms with van der Waals surface area (Å²) < 4.78 is 25.4. The molecule has 1 aliphatic heterocycles. The van der Waals surface area contributed by atoms with E-state index in [2.05, 4.69) is 4.98 Å². The van der Waals surface area contributed by atoms with E-state index >= 15 is 0 Å². The zero-order valence-electron chi connectivity index (χ0n) is 9.91. The molecule has 1 atom stereocenters. The van der Waals surface area contributed by atoms with Gasteiger partial charge in [0.05, 0.1) is 16.7 Å². The van der Waals surface area contributed by atoms with E-state index in [0.29, 0.717) is 17.9 Å². The molecule has 0 spiro atoms. The van der Waals surface area contributed by atoms with Gasteiger partial charge in [-0.25, -0.2) is 13.4 Å². The molecule has 1 aliphatic rings. The van der Waals surface area contributed by atoms with Gasteiger partial charge in [0, 0.05) is 30.6 Å². The fourth-order valence-electron chi connectivity index (χ4n) is 2.47. The van der Waals surface area contributed by atoms with Crippen molar-refractivity contribution in [1.29, 1.82) is 0 Å². The molecule has 2 aromatic heterocycles.